The van der Waals surface area contributed by atoms with Gasteiger partial charge in [-0.2, -0.15) is 0 Å². The van der Waals surface area contributed by atoms with Crippen molar-refractivity contribution in [3.05, 3.63) is 107 Å². The summed E-state index contributed by atoms with van der Waals surface area (Å²) in [6.07, 6.45) is 5.39. The summed E-state index contributed by atoms with van der Waals surface area (Å²) in [5, 5.41) is 11.3. The highest BCUT2D eigenvalue weighted by atomic mass is 16.4. The second-order valence-electron chi connectivity index (χ2n) is 9.05. The molecule has 5 rings (SSSR count). The third-order valence-corrected chi connectivity index (χ3v) is 5.76. The lowest BCUT2D eigenvalue weighted by molar-refractivity contribution is 0.0950. The van der Waals surface area contributed by atoms with Crippen LogP contribution in [-0.4, -0.2) is 26.1 Å². The van der Waals surface area contributed by atoms with E-state index in [1.807, 2.05) is 43.3 Å². The van der Waals surface area contributed by atoms with Gasteiger partial charge < -0.3 is 24.3 Å². The zero-order valence-electron chi connectivity index (χ0n) is 20.5. The number of nitrogens with zero attached hydrogens (tertiary/aromatic N) is 4. The van der Waals surface area contributed by atoms with Crippen LogP contribution in [0.3, 0.4) is 0 Å². The number of hydrogen-bond acceptors (Lipinski definition) is 9. The summed E-state index contributed by atoms with van der Waals surface area (Å²) >= 11 is 0. The molecular weight excluding hydrogens is 472 g/mol. The van der Waals surface area contributed by atoms with Crippen LogP contribution < -0.4 is 11.1 Å². The van der Waals surface area contributed by atoms with E-state index in [0.29, 0.717) is 53.2 Å². The molecule has 5 aromatic rings. The lowest BCUT2D eigenvalue weighted by atomic mass is 9.94. The van der Waals surface area contributed by atoms with Crippen LogP contribution in [0, 0.1) is 6.92 Å². The standard InChI is InChI=1S/C27H26N6O4/c1-17-31-22(16-36-17)15-30-24(34)20-10-19(11-21(13-20)25-29-8-9-35-25)12-23-32-33-26(37-23)27(2,28)14-18-6-4-3-5-7-18/h3-11,13,16H,12,14-15,28H2,1-2H3,(H,30,34). The lowest BCUT2D eigenvalue weighted by Crippen LogP contribution is -2.35. The van der Waals surface area contributed by atoms with Crippen molar-refractivity contribution in [2.45, 2.75) is 38.8 Å². The van der Waals surface area contributed by atoms with Crippen LogP contribution in [-0.2, 0) is 24.9 Å². The van der Waals surface area contributed by atoms with Crippen molar-refractivity contribution >= 4 is 5.91 Å². The molecule has 0 spiro atoms. The number of carbonyl (C=O) groups is 1. The number of hydrogen-bond donors (Lipinski definition) is 2. The summed E-state index contributed by atoms with van der Waals surface area (Å²) in [5.41, 5.74) is 9.25. The van der Waals surface area contributed by atoms with Crippen LogP contribution in [0.5, 0.6) is 0 Å². The number of nitrogens with two attached hydrogens (primary N) is 1. The quantitative estimate of drug-likeness (QED) is 0.308. The molecule has 3 heterocycles. The highest BCUT2D eigenvalue weighted by molar-refractivity contribution is 5.95. The van der Waals surface area contributed by atoms with E-state index in [1.54, 1.807) is 25.3 Å². The maximum absolute atomic E-state index is 13.0. The molecule has 0 bridgehead atoms. The molecule has 1 atom stereocenters. The first-order valence-electron chi connectivity index (χ1n) is 11.7. The zero-order valence-corrected chi connectivity index (χ0v) is 20.5. The van der Waals surface area contributed by atoms with Crippen molar-refractivity contribution in [1.82, 2.24) is 25.5 Å². The van der Waals surface area contributed by atoms with Gasteiger partial charge in [0.05, 0.1) is 30.4 Å². The number of aryl methyl sites for hydroxylation is 1. The fourth-order valence-electron chi connectivity index (χ4n) is 4.00. The molecule has 3 N–H and O–H groups in total. The zero-order chi connectivity index (χ0) is 25.8. The molecule has 0 saturated heterocycles. The predicted molar refractivity (Wildman–Crippen MR) is 133 cm³/mol. The first-order chi connectivity index (χ1) is 17.9. The molecule has 0 aliphatic carbocycles. The van der Waals surface area contributed by atoms with Crippen LogP contribution in [0.15, 0.2) is 80.5 Å². The van der Waals surface area contributed by atoms with Gasteiger partial charge >= 0.3 is 0 Å². The smallest absolute Gasteiger partial charge is 0.251 e. The van der Waals surface area contributed by atoms with Crippen molar-refractivity contribution in [2.24, 2.45) is 5.73 Å². The third-order valence-electron chi connectivity index (χ3n) is 5.76. The average Bonchev–Trinajstić information content (AvgIpc) is 3.65. The number of rotatable bonds is 9. The van der Waals surface area contributed by atoms with Gasteiger partial charge in [0.1, 0.15) is 12.5 Å². The van der Waals surface area contributed by atoms with Crippen molar-refractivity contribution in [3.63, 3.8) is 0 Å². The van der Waals surface area contributed by atoms with E-state index in [-0.39, 0.29) is 12.5 Å². The van der Waals surface area contributed by atoms with Gasteiger partial charge in [-0.05, 0) is 42.7 Å². The van der Waals surface area contributed by atoms with Crippen LogP contribution in [0.2, 0.25) is 0 Å². The molecule has 10 heteroatoms. The van der Waals surface area contributed by atoms with Crippen molar-refractivity contribution < 1.29 is 18.0 Å². The Kier molecular flexibility index (Phi) is 6.65. The summed E-state index contributed by atoms with van der Waals surface area (Å²) in [5.74, 6) is 1.38. The number of benzene rings is 2. The fourth-order valence-corrected chi connectivity index (χ4v) is 4.00. The Labute approximate surface area is 212 Å². The number of aromatic nitrogens is 4. The molecule has 0 aliphatic heterocycles. The van der Waals surface area contributed by atoms with Crippen LogP contribution >= 0.6 is 0 Å². The molecule has 2 aromatic carbocycles. The molecule has 10 nitrogen and oxygen atoms in total. The van der Waals surface area contributed by atoms with Gasteiger partial charge in [0, 0.05) is 18.1 Å². The highest BCUT2D eigenvalue weighted by Crippen LogP contribution is 2.25. The molecule has 3 aromatic heterocycles. The first kappa shape index (κ1) is 24.1. The van der Waals surface area contributed by atoms with Crippen molar-refractivity contribution in [1.29, 1.82) is 0 Å². The van der Waals surface area contributed by atoms with Gasteiger partial charge in [-0.3, -0.25) is 4.79 Å². The topological polar surface area (TPSA) is 146 Å². The Balaban J connectivity index is 1.36. The van der Waals surface area contributed by atoms with E-state index < -0.39 is 5.54 Å². The molecule has 0 aliphatic rings. The molecule has 188 valence electrons. The van der Waals surface area contributed by atoms with Gasteiger partial charge in [0.25, 0.3) is 5.91 Å². The SMILES string of the molecule is Cc1nc(CNC(=O)c2cc(Cc3nnc(C(C)(N)Cc4ccccc4)o3)cc(-c3ncco3)c2)co1. The lowest BCUT2D eigenvalue weighted by Gasteiger charge is -2.20. The normalized spacial score (nSPS) is 12.8. The summed E-state index contributed by atoms with van der Waals surface area (Å²) < 4.78 is 16.6. The largest absolute Gasteiger partial charge is 0.449 e. The Morgan fingerprint density at radius 2 is 1.92 bits per heavy atom. The number of nitrogens with one attached hydrogen (secondary N) is 1. The van der Waals surface area contributed by atoms with Crippen LogP contribution in [0.4, 0.5) is 0 Å². The van der Waals surface area contributed by atoms with Crippen LogP contribution in [0.1, 0.15) is 51.8 Å². The van der Waals surface area contributed by atoms with E-state index in [0.717, 1.165) is 11.1 Å². The minimum atomic E-state index is -0.836. The summed E-state index contributed by atoms with van der Waals surface area (Å²) in [4.78, 5) is 21.4. The monoisotopic (exact) mass is 498 g/mol. The first-order valence-corrected chi connectivity index (χ1v) is 11.7. The average molecular weight is 499 g/mol. The molecule has 0 radical (unpaired) electrons. The summed E-state index contributed by atoms with van der Waals surface area (Å²) in [7, 11) is 0. The molecular formula is C27H26N6O4. The van der Waals surface area contributed by atoms with Gasteiger partial charge in [0.2, 0.25) is 17.7 Å². The Morgan fingerprint density at radius 3 is 2.65 bits per heavy atom. The molecule has 0 fully saturated rings. The molecule has 1 amide bonds. The van der Waals surface area contributed by atoms with E-state index in [4.69, 9.17) is 19.0 Å². The molecule has 0 saturated carbocycles. The second kappa shape index (κ2) is 10.2. The number of carbonyl (C=O) groups excluding carboxylic acids is 1. The van der Waals surface area contributed by atoms with E-state index in [9.17, 15) is 4.79 Å². The minimum absolute atomic E-state index is 0.234. The Morgan fingerprint density at radius 1 is 1.08 bits per heavy atom. The number of oxazole rings is 2. The summed E-state index contributed by atoms with van der Waals surface area (Å²) in [6, 6.07) is 15.3. The van der Waals surface area contributed by atoms with Gasteiger partial charge in [-0.1, -0.05) is 30.3 Å². The maximum atomic E-state index is 13.0. The van der Waals surface area contributed by atoms with E-state index in [1.165, 1.54) is 12.5 Å². The van der Waals surface area contributed by atoms with Gasteiger partial charge in [0.15, 0.2) is 5.89 Å². The summed E-state index contributed by atoms with van der Waals surface area (Å²) in [6.45, 7) is 3.84. The Bertz CT molecular complexity index is 1490. The third kappa shape index (κ3) is 5.81. The maximum Gasteiger partial charge on any atom is 0.251 e. The highest BCUT2D eigenvalue weighted by Gasteiger charge is 2.28. The van der Waals surface area contributed by atoms with E-state index >= 15 is 0 Å². The Hall–Kier alpha value is -4.57. The second-order valence-corrected chi connectivity index (χ2v) is 9.05. The number of amides is 1. The minimum Gasteiger partial charge on any atom is -0.449 e. The van der Waals surface area contributed by atoms with Crippen molar-refractivity contribution in [3.8, 4) is 11.5 Å². The molecule has 1 unspecified atom stereocenters. The van der Waals surface area contributed by atoms with Crippen LogP contribution in [0.25, 0.3) is 11.5 Å². The predicted octanol–water partition coefficient (Wildman–Crippen LogP) is 3.96. The molecule has 37 heavy (non-hydrogen) atoms. The van der Waals surface area contributed by atoms with E-state index in [2.05, 4.69) is 25.5 Å². The fraction of sp³-hybridized carbons (Fsp3) is 0.222. The van der Waals surface area contributed by atoms with Gasteiger partial charge in [-0.15, -0.1) is 10.2 Å². The van der Waals surface area contributed by atoms with Crippen molar-refractivity contribution in [2.75, 3.05) is 0 Å². The van der Waals surface area contributed by atoms with Gasteiger partial charge in [-0.25, -0.2) is 9.97 Å².